The number of hydrogen-bond acceptors (Lipinski definition) is 5. The SMILES string of the molecule is COC(=O)NC1CCCN(C(=O)c2ccc(NC(=O)OC(C)(C)C)cc2)C1. The van der Waals surface area contributed by atoms with Gasteiger partial charge in [0.25, 0.3) is 5.91 Å². The molecule has 1 fully saturated rings. The highest BCUT2D eigenvalue weighted by Gasteiger charge is 2.25. The highest BCUT2D eigenvalue weighted by Crippen LogP contribution is 2.17. The molecule has 8 nitrogen and oxygen atoms in total. The summed E-state index contributed by atoms with van der Waals surface area (Å²) in [4.78, 5) is 37.5. The summed E-state index contributed by atoms with van der Waals surface area (Å²) in [5.74, 6) is -0.116. The number of ether oxygens (including phenoxy) is 2. The summed E-state index contributed by atoms with van der Waals surface area (Å²) in [6, 6.07) is 6.51. The fourth-order valence-electron chi connectivity index (χ4n) is 2.81. The zero-order valence-corrected chi connectivity index (χ0v) is 16.2. The van der Waals surface area contributed by atoms with Crippen LogP contribution in [0.2, 0.25) is 0 Å². The van der Waals surface area contributed by atoms with Crippen molar-refractivity contribution >= 4 is 23.8 Å². The van der Waals surface area contributed by atoms with E-state index in [1.54, 1.807) is 49.9 Å². The number of methoxy groups -OCH3 is 1. The van der Waals surface area contributed by atoms with Crippen LogP contribution in [0.4, 0.5) is 15.3 Å². The first-order valence-corrected chi connectivity index (χ1v) is 8.92. The Morgan fingerprint density at radius 1 is 1.11 bits per heavy atom. The van der Waals surface area contributed by atoms with Crippen molar-refractivity contribution in [3.05, 3.63) is 29.8 Å². The first-order valence-electron chi connectivity index (χ1n) is 8.92. The molecule has 0 bridgehead atoms. The van der Waals surface area contributed by atoms with Gasteiger partial charge in [0.05, 0.1) is 7.11 Å². The minimum atomic E-state index is -0.580. The smallest absolute Gasteiger partial charge is 0.412 e. The quantitative estimate of drug-likeness (QED) is 0.844. The Kier molecular flexibility index (Phi) is 6.65. The van der Waals surface area contributed by atoms with Gasteiger partial charge in [0.15, 0.2) is 0 Å². The zero-order valence-electron chi connectivity index (χ0n) is 16.2. The van der Waals surface area contributed by atoms with Gasteiger partial charge in [-0.2, -0.15) is 0 Å². The number of carbonyl (C=O) groups is 3. The van der Waals surface area contributed by atoms with Gasteiger partial charge in [0, 0.05) is 30.4 Å². The number of nitrogens with zero attached hydrogens (tertiary/aromatic N) is 1. The molecule has 1 unspecified atom stereocenters. The highest BCUT2D eigenvalue weighted by molar-refractivity contribution is 5.95. The normalized spacial score (nSPS) is 17.0. The van der Waals surface area contributed by atoms with Crippen LogP contribution >= 0.6 is 0 Å². The molecule has 148 valence electrons. The van der Waals surface area contributed by atoms with Crippen LogP contribution in [0, 0.1) is 0 Å². The van der Waals surface area contributed by atoms with Crippen molar-refractivity contribution in [2.24, 2.45) is 0 Å². The standard InChI is InChI=1S/C19H27N3O5/c1-19(2,3)27-18(25)20-14-9-7-13(8-10-14)16(23)22-11-5-6-15(12-22)21-17(24)26-4/h7-10,15H,5-6,11-12H2,1-4H3,(H,20,25)(H,21,24). The molecular weight excluding hydrogens is 350 g/mol. The lowest BCUT2D eigenvalue weighted by atomic mass is 10.0. The predicted molar refractivity (Wildman–Crippen MR) is 101 cm³/mol. The molecule has 1 atom stereocenters. The van der Waals surface area contributed by atoms with Gasteiger partial charge in [0.2, 0.25) is 0 Å². The summed E-state index contributed by atoms with van der Waals surface area (Å²) in [7, 11) is 1.31. The molecule has 1 aliphatic heterocycles. The van der Waals surface area contributed by atoms with Crippen LogP contribution in [0.25, 0.3) is 0 Å². The molecule has 27 heavy (non-hydrogen) atoms. The van der Waals surface area contributed by atoms with Gasteiger partial charge in [0.1, 0.15) is 5.60 Å². The topological polar surface area (TPSA) is 97.0 Å². The number of alkyl carbamates (subject to hydrolysis) is 1. The van der Waals surface area contributed by atoms with Gasteiger partial charge in [-0.05, 0) is 57.9 Å². The lowest BCUT2D eigenvalue weighted by Crippen LogP contribution is -2.49. The Bertz CT molecular complexity index is 682. The molecular formula is C19H27N3O5. The number of carbonyl (C=O) groups excluding carboxylic acids is 3. The fourth-order valence-corrected chi connectivity index (χ4v) is 2.81. The average molecular weight is 377 g/mol. The molecule has 0 radical (unpaired) electrons. The van der Waals surface area contributed by atoms with Gasteiger partial charge < -0.3 is 19.7 Å². The molecule has 1 aliphatic rings. The van der Waals surface area contributed by atoms with Crippen LogP contribution in [0.1, 0.15) is 44.0 Å². The minimum absolute atomic E-state index is 0.116. The molecule has 0 aliphatic carbocycles. The minimum Gasteiger partial charge on any atom is -0.453 e. The number of likely N-dealkylation sites (tertiary alicyclic amines) is 1. The molecule has 0 aromatic heterocycles. The van der Waals surface area contributed by atoms with E-state index in [2.05, 4.69) is 15.4 Å². The third kappa shape index (κ3) is 6.47. The van der Waals surface area contributed by atoms with E-state index in [9.17, 15) is 14.4 Å². The van der Waals surface area contributed by atoms with E-state index >= 15 is 0 Å². The van der Waals surface area contributed by atoms with E-state index in [0.29, 0.717) is 24.3 Å². The summed E-state index contributed by atoms with van der Waals surface area (Å²) in [6.45, 7) is 6.43. The number of amides is 3. The van der Waals surface area contributed by atoms with Crippen molar-refractivity contribution < 1.29 is 23.9 Å². The molecule has 1 heterocycles. The average Bonchev–Trinajstić information content (AvgIpc) is 2.60. The summed E-state index contributed by atoms with van der Waals surface area (Å²) in [5, 5.41) is 5.37. The number of piperidine rings is 1. The summed E-state index contributed by atoms with van der Waals surface area (Å²) in [6.07, 6.45) is 0.567. The Morgan fingerprint density at radius 2 is 1.78 bits per heavy atom. The molecule has 3 amide bonds. The maximum Gasteiger partial charge on any atom is 0.412 e. The Labute approximate surface area is 159 Å². The number of benzene rings is 1. The first-order chi connectivity index (χ1) is 12.7. The second kappa shape index (κ2) is 8.75. The Balaban J connectivity index is 1.94. The van der Waals surface area contributed by atoms with Gasteiger partial charge in [-0.1, -0.05) is 0 Å². The molecule has 0 spiro atoms. The molecule has 0 saturated carbocycles. The second-order valence-electron chi connectivity index (χ2n) is 7.43. The van der Waals surface area contributed by atoms with Gasteiger partial charge >= 0.3 is 12.2 Å². The third-order valence-corrected chi connectivity index (χ3v) is 3.99. The van der Waals surface area contributed by atoms with Crippen LogP contribution in [0.15, 0.2) is 24.3 Å². The largest absolute Gasteiger partial charge is 0.453 e. The van der Waals surface area contributed by atoms with E-state index in [1.807, 2.05) is 0 Å². The van der Waals surface area contributed by atoms with Crippen LogP contribution in [0.3, 0.4) is 0 Å². The summed E-state index contributed by atoms with van der Waals surface area (Å²) in [5.41, 5.74) is 0.483. The molecule has 2 rings (SSSR count). The number of rotatable bonds is 3. The maximum atomic E-state index is 12.7. The molecule has 8 heteroatoms. The molecule has 1 saturated heterocycles. The summed E-state index contributed by atoms with van der Waals surface area (Å²) >= 11 is 0. The number of hydrogen-bond donors (Lipinski definition) is 2. The molecule has 1 aromatic carbocycles. The Morgan fingerprint density at radius 3 is 2.37 bits per heavy atom. The van der Waals surface area contributed by atoms with Crippen molar-refractivity contribution in [3.8, 4) is 0 Å². The predicted octanol–water partition coefficient (Wildman–Crippen LogP) is 2.99. The van der Waals surface area contributed by atoms with Crippen LogP contribution < -0.4 is 10.6 Å². The number of anilines is 1. The van der Waals surface area contributed by atoms with Crippen LogP contribution in [-0.4, -0.2) is 54.8 Å². The van der Waals surface area contributed by atoms with E-state index in [0.717, 1.165) is 12.8 Å². The highest BCUT2D eigenvalue weighted by atomic mass is 16.6. The van der Waals surface area contributed by atoms with Crippen LogP contribution in [-0.2, 0) is 9.47 Å². The Hall–Kier alpha value is -2.77. The summed E-state index contributed by atoms with van der Waals surface area (Å²) < 4.78 is 9.81. The third-order valence-electron chi connectivity index (χ3n) is 3.99. The number of nitrogens with one attached hydrogen (secondary N) is 2. The van der Waals surface area contributed by atoms with Crippen molar-refractivity contribution in [1.82, 2.24) is 10.2 Å². The lowest BCUT2D eigenvalue weighted by Gasteiger charge is -2.33. The molecule has 1 aromatic rings. The van der Waals surface area contributed by atoms with E-state index in [1.165, 1.54) is 7.11 Å². The lowest BCUT2D eigenvalue weighted by molar-refractivity contribution is 0.0635. The van der Waals surface area contributed by atoms with E-state index in [-0.39, 0.29) is 11.9 Å². The van der Waals surface area contributed by atoms with E-state index in [4.69, 9.17) is 4.74 Å². The van der Waals surface area contributed by atoms with Crippen LogP contribution in [0.5, 0.6) is 0 Å². The van der Waals surface area contributed by atoms with Gasteiger partial charge in [-0.3, -0.25) is 10.1 Å². The fraction of sp³-hybridized carbons (Fsp3) is 0.526. The zero-order chi connectivity index (χ0) is 20.0. The van der Waals surface area contributed by atoms with Crippen molar-refractivity contribution in [2.75, 3.05) is 25.5 Å². The van der Waals surface area contributed by atoms with Gasteiger partial charge in [-0.25, -0.2) is 9.59 Å². The van der Waals surface area contributed by atoms with Crippen molar-refractivity contribution in [2.45, 2.75) is 45.3 Å². The first kappa shape index (κ1) is 20.5. The van der Waals surface area contributed by atoms with E-state index < -0.39 is 17.8 Å². The molecule has 2 N–H and O–H groups in total. The monoisotopic (exact) mass is 377 g/mol. The van der Waals surface area contributed by atoms with Gasteiger partial charge in [-0.15, -0.1) is 0 Å². The van der Waals surface area contributed by atoms with Crippen molar-refractivity contribution in [1.29, 1.82) is 0 Å². The second-order valence-corrected chi connectivity index (χ2v) is 7.43. The van der Waals surface area contributed by atoms with Crippen molar-refractivity contribution in [3.63, 3.8) is 0 Å². The maximum absolute atomic E-state index is 12.7.